The number of aryl methyl sites for hydroxylation is 1. The molecule has 2 aliphatic heterocycles. The lowest BCUT2D eigenvalue weighted by Gasteiger charge is -2.36. The Labute approximate surface area is 271 Å². The van der Waals surface area contributed by atoms with E-state index in [2.05, 4.69) is 25.5 Å². The van der Waals surface area contributed by atoms with E-state index < -0.39 is 5.54 Å². The summed E-state index contributed by atoms with van der Waals surface area (Å²) < 4.78 is 17.3. The molecule has 11 nitrogen and oxygen atoms in total. The number of fused-ring (bicyclic) bond motifs is 1. The van der Waals surface area contributed by atoms with Gasteiger partial charge in [-0.1, -0.05) is 38.6 Å². The summed E-state index contributed by atoms with van der Waals surface area (Å²) in [6, 6.07) is 8.87. The van der Waals surface area contributed by atoms with Gasteiger partial charge >= 0.3 is 0 Å². The van der Waals surface area contributed by atoms with Crippen molar-refractivity contribution < 1.29 is 23.8 Å². The van der Waals surface area contributed by atoms with Gasteiger partial charge in [-0.2, -0.15) is 4.98 Å². The van der Waals surface area contributed by atoms with Crippen LogP contribution in [0.15, 0.2) is 36.5 Å². The zero-order valence-electron chi connectivity index (χ0n) is 25.4. The van der Waals surface area contributed by atoms with Crippen molar-refractivity contribution in [3.8, 4) is 17.4 Å². The highest BCUT2D eigenvalue weighted by Gasteiger charge is 2.42. The largest absolute Gasteiger partial charge is 0.495 e. The van der Waals surface area contributed by atoms with E-state index in [4.69, 9.17) is 25.8 Å². The third-order valence-electron chi connectivity index (χ3n) is 8.38. The molecule has 1 fully saturated rings. The average molecular weight is 641 g/mol. The van der Waals surface area contributed by atoms with E-state index in [-0.39, 0.29) is 55.7 Å². The molecule has 3 heterocycles. The first kappa shape index (κ1) is 35.5. The molecule has 1 aromatic heterocycles. The van der Waals surface area contributed by atoms with Crippen molar-refractivity contribution in [1.82, 2.24) is 25.1 Å². The number of hydrogen-bond donors (Lipinski definition) is 2. The zero-order valence-corrected chi connectivity index (χ0v) is 26.2. The van der Waals surface area contributed by atoms with Gasteiger partial charge < -0.3 is 34.6 Å². The molecule has 2 atom stereocenters. The number of piperidine rings is 1. The number of rotatable bonds is 8. The highest BCUT2D eigenvalue weighted by atomic mass is 35.5. The smallest absolute Gasteiger partial charge is 0.258 e. The number of halogens is 1. The summed E-state index contributed by atoms with van der Waals surface area (Å²) in [7, 11) is 7.00. The molecule has 2 amide bonds. The standard InChI is InChI=1S/C31H37ClN6O5.2CH4/c1-17-13-22(24(41-6)14-18(17)27(39)34-21-11-12-37(4)16-25(21)42-7)35-30-33-15-20(32)28(36-30)43-23-10-8-9-19-26(23)29(40)38(5)31(19,2)3;;/h8-10,13-15,21,25H,11-12,16H2,1-7H3,(H,34,39)(H,33,35,36);2*1H4/t21-,25+;;/m1../s1. The molecule has 244 valence electrons. The van der Waals surface area contributed by atoms with Gasteiger partial charge in [-0.15, -0.1) is 0 Å². The van der Waals surface area contributed by atoms with E-state index >= 15 is 0 Å². The molecule has 0 radical (unpaired) electrons. The summed E-state index contributed by atoms with van der Waals surface area (Å²) in [5.41, 5.74) is 2.63. The number of nitrogens with one attached hydrogen (secondary N) is 2. The summed E-state index contributed by atoms with van der Waals surface area (Å²) in [5.74, 6) is 0.731. The Morgan fingerprint density at radius 1 is 1.13 bits per heavy atom. The van der Waals surface area contributed by atoms with E-state index in [1.165, 1.54) is 13.3 Å². The van der Waals surface area contributed by atoms with Gasteiger partial charge in [0.1, 0.15) is 16.5 Å². The average Bonchev–Trinajstić information content (AvgIpc) is 3.16. The first-order valence-electron chi connectivity index (χ1n) is 14.0. The topological polar surface area (TPSA) is 118 Å². The molecule has 45 heavy (non-hydrogen) atoms. The van der Waals surface area contributed by atoms with Crippen LogP contribution in [-0.4, -0.2) is 85.1 Å². The second-order valence-corrected chi connectivity index (χ2v) is 11.9. The zero-order chi connectivity index (χ0) is 31.1. The van der Waals surface area contributed by atoms with Crippen molar-refractivity contribution in [2.24, 2.45) is 0 Å². The molecular formula is C33H45ClN6O5. The first-order chi connectivity index (χ1) is 20.4. The number of methoxy groups -OCH3 is 2. The van der Waals surface area contributed by atoms with Crippen molar-refractivity contribution >= 4 is 35.1 Å². The number of ether oxygens (including phenoxy) is 3. The van der Waals surface area contributed by atoms with Crippen LogP contribution in [0.4, 0.5) is 11.6 Å². The summed E-state index contributed by atoms with van der Waals surface area (Å²) in [6.45, 7) is 7.44. The van der Waals surface area contributed by atoms with Gasteiger partial charge in [0, 0.05) is 26.3 Å². The van der Waals surface area contributed by atoms with Crippen LogP contribution in [0.2, 0.25) is 5.02 Å². The second kappa shape index (κ2) is 14.0. The number of likely N-dealkylation sites (N-methyl/N-ethyl adjacent to an activating group) is 1. The van der Waals surface area contributed by atoms with E-state index in [0.717, 1.165) is 30.6 Å². The van der Waals surface area contributed by atoms with E-state index in [0.29, 0.717) is 28.3 Å². The molecule has 0 spiro atoms. The second-order valence-electron chi connectivity index (χ2n) is 11.4. The van der Waals surface area contributed by atoms with Crippen LogP contribution >= 0.6 is 11.6 Å². The summed E-state index contributed by atoms with van der Waals surface area (Å²) in [6.07, 6.45) is 2.12. The van der Waals surface area contributed by atoms with Gasteiger partial charge in [-0.05, 0) is 70.1 Å². The van der Waals surface area contributed by atoms with Gasteiger partial charge in [0.15, 0.2) is 0 Å². The predicted octanol–water partition coefficient (Wildman–Crippen LogP) is 6.02. The lowest BCUT2D eigenvalue weighted by molar-refractivity contribution is 0.0142. The first-order valence-corrected chi connectivity index (χ1v) is 14.4. The number of aromatic nitrogens is 2. The van der Waals surface area contributed by atoms with E-state index in [1.807, 2.05) is 40.0 Å². The van der Waals surface area contributed by atoms with Crippen LogP contribution in [0.5, 0.6) is 17.4 Å². The van der Waals surface area contributed by atoms with Crippen molar-refractivity contribution in [3.05, 3.63) is 63.8 Å². The van der Waals surface area contributed by atoms with Crippen molar-refractivity contribution in [2.75, 3.05) is 46.7 Å². The minimum absolute atomic E-state index is 0. The third-order valence-corrected chi connectivity index (χ3v) is 8.64. The summed E-state index contributed by atoms with van der Waals surface area (Å²) in [5, 5.41) is 6.46. The number of likely N-dealkylation sites (tertiary alicyclic amines) is 1. The Morgan fingerprint density at radius 3 is 2.56 bits per heavy atom. The van der Waals surface area contributed by atoms with Crippen molar-refractivity contribution in [2.45, 2.75) is 59.7 Å². The number of nitrogens with zero attached hydrogens (tertiary/aromatic N) is 4. The van der Waals surface area contributed by atoms with Gasteiger partial charge in [0.2, 0.25) is 11.8 Å². The van der Waals surface area contributed by atoms with Crippen LogP contribution < -0.4 is 20.1 Å². The molecule has 3 aromatic rings. The Morgan fingerprint density at radius 2 is 1.87 bits per heavy atom. The van der Waals surface area contributed by atoms with Gasteiger partial charge in [-0.3, -0.25) is 9.59 Å². The van der Waals surface area contributed by atoms with Crippen LogP contribution in [0.3, 0.4) is 0 Å². The Balaban J connectivity index is 0.00000276. The monoisotopic (exact) mass is 640 g/mol. The molecule has 2 aliphatic rings. The Kier molecular flexibility index (Phi) is 11.1. The molecule has 1 saturated heterocycles. The SMILES string of the molecule is C.C.COc1cc(C(=O)N[C@@H]2CCN(C)C[C@@H]2OC)c(C)cc1Nc1ncc(Cl)c(Oc2cccc3c2C(=O)N(C)C3(C)C)n1. The number of carbonyl (C=O) groups excluding carboxylic acids is 2. The van der Waals surface area contributed by atoms with Gasteiger partial charge in [-0.25, -0.2) is 4.98 Å². The lowest BCUT2D eigenvalue weighted by Crippen LogP contribution is -2.53. The number of carbonyl (C=O) groups is 2. The van der Waals surface area contributed by atoms with Gasteiger partial charge in [0.05, 0.1) is 42.2 Å². The van der Waals surface area contributed by atoms with Crippen LogP contribution in [0.25, 0.3) is 0 Å². The Bertz CT molecular complexity index is 1560. The van der Waals surface area contributed by atoms with Gasteiger partial charge in [0.25, 0.3) is 11.8 Å². The molecule has 0 saturated carbocycles. The normalized spacial score (nSPS) is 18.8. The fraction of sp³-hybridized carbons (Fsp3) is 0.455. The maximum Gasteiger partial charge on any atom is 0.258 e. The van der Waals surface area contributed by atoms with Crippen LogP contribution in [-0.2, 0) is 10.3 Å². The third kappa shape index (κ3) is 6.85. The number of hydrogen-bond acceptors (Lipinski definition) is 9. The molecule has 0 bridgehead atoms. The molecule has 5 rings (SSSR count). The fourth-order valence-corrected chi connectivity index (χ4v) is 5.71. The molecule has 0 unspecified atom stereocenters. The number of benzene rings is 2. The van der Waals surface area contributed by atoms with Crippen LogP contribution in [0, 0.1) is 6.92 Å². The molecular weight excluding hydrogens is 596 g/mol. The summed E-state index contributed by atoms with van der Waals surface area (Å²) in [4.78, 5) is 39.0. The van der Waals surface area contributed by atoms with E-state index in [1.54, 1.807) is 37.3 Å². The maximum absolute atomic E-state index is 13.3. The quantitative estimate of drug-likeness (QED) is 0.304. The summed E-state index contributed by atoms with van der Waals surface area (Å²) >= 11 is 6.42. The van der Waals surface area contributed by atoms with E-state index in [9.17, 15) is 9.59 Å². The number of amides is 2. The minimum Gasteiger partial charge on any atom is -0.495 e. The molecule has 2 aromatic carbocycles. The lowest BCUT2D eigenvalue weighted by atomic mass is 9.94. The fourth-order valence-electron chi connectivity index (χ4n) is 5.58. The Hall–Kier alpha value is -3.93. The van der Waals surface area contributed by atoms with Crippen LogP contribution in [0.1, 0.15) is 67.0 Å². The minimum atomic E-state index is -0.482. The van der Waals surface area contributed by atoms with Crippen molar-refractivity contribution in [1.29, 1.82) is 0 Å². The molecule has 2 N–H and O–H groups in total. The maximum atomic E-state index is 13.3. The predicted molar refractivity (Wildman–Crippen MR) is 177 cm³/mol. The van der Waals surface area contributed by atoms with Crippen molar-refractivity contribution in [3.63, 3.8) is 0 Å². The highest BCUT2D eigenvalue weighted by Crippen LogP contribution is 2.43. The number of anilines is 2. The molecule has 12 heteroatoms. The molecule has 0 aliphatic carbocycles. The highest BCUT2D eigenvalue weighted by molar-refractivity contribution is 6.31.